The largest absolute Gasteiger partial charge is 0.416 e. The summed E-state index contributed by atoms with van der Waals surface area (Å²) in [7, 11) is -1.07. The van der Waals surface area contributed by atoms with Gasteiger partial charge in [-0.3, -0.25) is 13.8 Å². The third kappa shape index (κ3) is 5.23. The number of rotatable bonds is 5. The molecule has 1 unspecified atom stereocenters. The number of hydrogen-bond donors (Lipinski definition) is 1. The van der Waals surface area contributed by atoms with Crippen molar-refractivity contribution >= 4 is 34.0 Å². The Labute approximate surface area is 168 Å². The highest BCUT2D eigenvalue weighted by atomic mass is 32.2. The summed E-state index contributed by atoms with van der Waals surface area (Å²) >= 11 is 0. The van der Waals surface area contributed by atoms with E-state index >= 15 is 0 Å². The van der Waals surface area contributed by atoms with Crippen LogP contribution in [0.1, 0.15) is 34.3 Å². The number of halogens is 3. The van der Waals surface area contributed by atoms with E-state index in [-0.39, 0.29) is 23.6 Å². The Balaban J connectivity index is 1.91. The molecule has 2 amide bonds. The number of nitrogens with one attached hydrogen (secondary N) is 1. The molecule has 154 valence electrons. The van der Waals surface area contributed by atoms with E-state index < -0.39 is 28.4 Å². The summed E-state index contributed by atoms with van der Waals surface area (Å²) in [6.07, 6.45) is -2.28. The number of alkyl halides is 3. The van der Waals surface area contributed by atoms with Crippen LogP contribution >= 0.6 is 0 Å². The summed E-state index contributed by atoms with van der Waals surface area (Å²) in [5.41, 5.74) is -0.0122. The molecule has 1 N–H and O–H groups in total. The molecule has 2 aromatic rings. The van der Waals surface area contributed by atoms with Gasteiger partial charge in [0.15, 0.2) is 0 Å². The molecular weight excluding hydrogens is 405 g/mol. The third-order valence-corrected chi connectivity index (χ3v) is 5.19. The van der Waals surface area contributed by atoms with Crippen LogP contribution in [0, 0.1) is 0 Å². The second kappa shape index (κ2) is 8.36. The van der Waals surface area contributed by atoms with Crippen molar-refractivity contribution in [3.63, 3.8) is 0 Å². The first kappa shape index (κ1) is 21.0. The van der Waals surface area contributed by atoms with E-state index in [2.05, 4.69) is 5.32 Å². The number of benzene rings is 2. The van der Waals surface area contributed by atoms with Gasteiger partial charge in [0.2, 0.25) is 5.91 Å². The molecule has 9 heteroatoms. The van der Waals surface area contributed by atoms with Crippen LogP contribution in [0.5, 0.6) is 0 Å². The van der Waals surface area contributed by atoms with Crippen LogP contribution in [0.3, 0.4) is 0 Å². The van der Waals surface area contributed by atoms with Gasteiger partial charge in [-0.25, -0.2) is 0 Å². The molecule has 0 aromatic heterocycles. The summed E-state index contributed by atoms with van der Waals surface area (Å²) in [5, 5.41) is 2.57. The number of anilines is 2. The lowest BCUT2D eigenvalue weighted by Gasteiger charge is -2.19. The first-order chi connectivity index (χ1) is 13.6. The number of carbonyl (C=O) groups is 2. The van der Waals surface area contributed by atoms with Crippen LogP contribution in [-0.4, -0.2) is 28.8 Å². The zero-order valence-corrected chi connectivity index (χ0v) is 16.4. The minimum absolute atomic E-state index is 0.0580. The van der Waals surface area contributed by atoms with E-state index in [9.17, 15) is 27.0 Å². The van der Waals surface area contributed by atoms with Crippen molar-refractivity contribution in [1.29, 1.82) is 0 Å². The van der Waals surface area contributed by atoms with E-state index in [0.29, 0.717) is 24.4 Å². The molecule has 5 nitrogen and oxygen atoms in total. The highest BCUT2D eigenvalue weighted by Gasteiger charge is 2.33. The standard InChI is InChI=1S/C20H19F3N2O3S/c1-29(28)12-13-4-2-5-16(8-13)24-19(27)14-9-15(20(21,22)23)11-17(10-14)25-7-3-6-18(25)26/h2,4-5,8-11H,3,6-7,12H2,1H3,(H,24,27). The summed E-state index contributed by atoms with van der Waals surface area (Å²) < 4.78 is 51.4. The molecule has 29 heavy (non-hydrogen) atoms. The number of nitrogens with zero attached hydrogens (tertiary/aromatic N) is 1. The Bertz CT molecular complexity index is 976. The van der Waals surface area contributed by atoms with Gasteiger partial charge < -0.3 is 10.2 Å². The SMILES string of the molecule is CS(=O)Cc1cccc(NC(=O)c2cc(N3CCCC3=O)cc(C(F)(F)F)c2)c1. The predicted octanol–water partition coefficient (Wildman–Crippen LogP) is 3.96. The highest BCUT2D eigenvalue weighted by Crippen LogP contribution is 2.34. The van der Waals surface area contributed by atoms with Gasteiger partial charge in [-0.05, 0) is 42.3 Å². The van der Waals surface area contributed by atoms with E-state index in [1.165, 1.54) is 11.0 Å². The Morgan fingerprint density at radius 1 is 1.21 bits per heavy atom. The molecule has 1 aliphatic rings. The topological polar surface area (TPSA) is 66.5 Å². The molecule has 1 saturated heterocycles. The number of amides is 2. The van der Waals surface area contributed by atoms with Gasteiger partial charge in [0.1, 0.15) is 0 Å². The average molecular weight is 424 g/mol. The molecule has 2 aromatic carbocycles. The number of hydrogen-bond acceptors (Lipinski definition) is 3. The van der Waals surface area contributed by atoms with Gasteiger partial charge in [-0.15, -0.1) is 0 Å². The Hall–Kier alpha value is -2.68. The third-order valence-electron chi connectivity index (χ3n) is 4.45. The normalized spacial score (nSPS) is 15.4. The van der Waals surface area contributed by atoms with E-state index in [1.807, 2.05) is 0 Å². The average Bonchev–Trinajstić information content (AvgIpc) is 3.06. The fraction of sp³-hybridized carbons (Fsp3) is 0.300. The summed E-state index contributed by atoms with van der Waals surface area (Å²) in [6.45, 7) is 0.317. The van der Waals surface area contributed by atoms with Gasteiger partial charge >= 0.3 is 6.18 Å². The van der Waals surface area contributed by atoms with Gasteiger partial charge in [0.05, 0.1) is 5.56 Å². The van der Waals surface area contributed by atoms with Crippen molar-refractivity contribution in [3.05, 3.63) is 59.2 Å². The van der Waals surface area contributed by atoms with Gasteiger partial charge in [0, 0.05) is 52.7 Å². The Kier molecular flexibility index (Phi) is 6.07. The van der Waals surface area contributed by atoms with E-state index in [0.717, 1.165) is 17.7 Å². The van der Waals surface area contributed by atoms with Crippen molar-refractivity contribution in [2.45, 2.75) is 24.8 Å². The van der Waals surface area contributed by atoms with Crippen molar-refractivity contribution in [1.82, 2.24) is 0 Å². The zero-order valence-electron chi connectivity index (χ0n) is 15.6. The number of carbonyl (C=O) groups excluding carboxylic acids is 2. The van der Waals surface area contributed by atoms with E-state index in [1.54, 1.807) is 30.5 Å². The minimum Gasteiger partial charge on any atom is -0.322 e. The van der Waals surface area contributed by atoms with Crippen LogP contribution in [-0.2, 0) is 27.5 Å². The van der Waals surface area contributed by atoms with Crippen molar-refractivity contribution < 1.29 is 27.0 Å². The maximum Gasteiger partial charge on any atom is 0.416 e. The monoisotopic (exact) mass is 424 g/mol. The molecule has 0 radical (unpaired) electrons. The maximum atomic E-state index is 13.3. The molecule has 1 fully saturated rings. The lowest BCUT2D eigenvalue weighted by molar-refractivity contribution is -0.137. The Morgan fingerprint density at radius 2 is 1.97 bits per heavy atom. The molecule has 0 bridgehead atoms. The molecular formula is C20H19F3N2O3S. The van der Waals surface area contributed by atoms with Crippen LogP contribution in [0.4, 0.5) is 24.5 Å². The predicted molar refractivity (Wildman–Crippen MR) is 105 cm³/mol. The van der Waals surface area contributed by atoms with Crippen molar-refractivity contribution in [2.24, 2.45) is 0 Å². The smallest absolute Gasteiger partial charge is 0.322 e. The van der Waals surface area contributed by atoms with Crippen LogP contribution in [0.15, 0.2) is 42.5 Å². The lowest BCUT2D eigenvalue weighted by Crippen LogP contribution is -2.25. The van der Waals surface area contributed by atoms with Crippen LogP contribution in [0.2, 0.25) is 0 Å². The minimum atomic E-state index is -4.65. The summed E-state index contributed by atoms with van der Waals surface area (Å²) in [5.74, 6) is -0.691. The van der Waals surface area contributed by atoms with Crippen LogP contribution in [0.25, 0.3) is 0 Å². The molecule has 0 aliphatic carbocycles. The Morgan fingerprint density at radius 3 is 2.59 bits per heavy atom. The van der Waals surface area contributed by atoms with Gasteiger partial charge in [0.25, 0.3) is 5.91 Å². The molecule has 0 saturated carbocycles. The summed E-state index contributed by atoms with van der Waals surface area (Å²) in [4.78, 5) is 25.9. The van der Waals surface area contributed by atoms with Crippen LogP contribution < -0.4 is 10.2 Å². The second-order valence-corrected chi connectivity index (χ2v) is 8.22. The molecule has 3 rings (SSSR count). The lowest BCUT2D eigenvalue weighted by atomic mass is 10.1. The molecule has 1 atom stereocenters. The second-order valence-electron chi connectivity index (χ2n) is 6.79. The first-order valence-corrected chi connectivity index (χ1v) is 10.6. The molecule has 0 spiro atoms. The molecule has 1 heterocycles. The van der Waals surface area contributed by atoms with Crippen molar-refractivity contribution in [3.8, 4) is 0 Å². The quantitative estimate of drug-likeness (QED) is 0.790. The van der Waals surface area contributed by atoms with Gasteiger partial charge in [-0.2, -0.15) is 13.2 Å². The van der Waals surface area contributed by atoms with Gasteiger partial charge in [-0.1, -0.05) is 12.1 Å². The summed E-state index contributed by atoms with van der Waals surface area (Å²) in [6, 6.07) is 9.58. The highest BCUT2D eigenvalue weighted by molar-refractivity contribution is 7.83. The fourth-order valence-electron chi connectivity index (χ4n) is 3.16. The maximum absolute atomic E-state index is 13.3. The molecule has 1 aliphatic heterocycles. The van der Waals surface area contributed by atoms with E-state index in [4.69, 9.17) is 0 Å². The fourth-order valence-corrected chi connectivity index (χ4v) is 3.81. The first-order valence-electron chi connectivity index (χ1n) is 8.86. The zero-order chi connectivity index (χ0) is 21.2. The van der Waals surface area contributed by atoms with Crippen molar-refractivity contribution in [2.75, 3.05) is 23.0 Å².